The van der Waals surface area contributed by atoms with Crippen LogP contribution in [0.5, 0.6) is 0 Å². The first-order chi connectivity index (χ1) is 9.95. The summed E-state index contributed by atoms with van der Waals surface area (Å²) in [5.74, 6) is 0.0313. The molecule has 2 rings (SSSR count). The van der Waals surface area contributed by atoms with Crippen molar-refractivity contribution in [3.8, 4) is 0 Å². The van der Waals surface area contributed by atoms with Gasteiger partial charge in [0.25, 0.3) is 0 Å². The van der Waals surface area contributed by atoms with E-state index < -0.39 is 0 Å². The molecule has 0 aliphatic rings. The summed E-state index contributed by atoms with van der Waals surface area (Å²) in [7, 11) is 0. The van der Waals surface area contributed by atoms with Crippen LogP contribution in [0, 0.1) is 20.8 Å². The minimum Gasteiger partial charge on any atom is -0.325 e. The van der Waals surface area contributed by atoms with Crippen molar-refractivity contribution in [3.63, 3.8) is 0 Å². The number of carbonyl (C=O) groups is 1. The van der Waals surface area contributed by atoms with Gasteiger partial charge in [0, 0.05) is 10.6 Å². The van der Waals surface area contributed by atoms with Gasteiger partial charge in [0.05, 0.1) is 5.25 Å². The van der Waals surface area contributed by atoms with Gasteiger partial charge in [-0.2, -0.15) is 0 Å². The van der Waals surface area contributed by atoms with E-state index in [1.807, 2.05) is 25.1 Å². The molecule has 1 N–H and O–H groups in total. The highest BCUT2D eigenvalue weighted by atomic mass is 32.2. The third-order valence-electron chi connectivity index (χ3n) is 3.48. The number of amides is 1. The van der Waals surface area contributed by atoms with Gasteiger partial charge >= 0.3 is 0 Å². The zero-order valence-corrected chi connectivity index (χ0v) is 13.8. The van der Waals surface area contributed by atoms with Crippen LogP contribution in [0.1, 0.15) is 23.6 Å². The van der Waals surface area contributed by atoms with Gasteiger partial charge in [0.2, 0.25) is 5.91 Å². The van der Waals surface area contributed by atoms with Crippen molar-refractivity contribution in [2.75, 3.05) is 5.32 Å². The van der Waals surface area contributed by atoms with Crippen molar-refractivity contribution in [3.05, 3.63) is 59.2 Å². The number of nitrogens with one attached hydrogen (secondary N) is 1. The van der Waals surface area contributed by atoms with Gasteiger partial charge in [-0.05, 0) is 63.1 Å². The van der Waals surface area contributed by atoms with Crippen LogP contribution >= 0.6 is 11.8 Å². The first-order valence-electron chi connectivity index (χ1n) is 7.07. The van der Waals surface area contributed by atoms with Crippen LogP contribution in [0.4, 0.5) is 5.69 Å². The number of rotatable bonds is 4. The van der Waals surface area contributed by atoms with Crippen molar-refractivity contribution in [1.29, 1.82) is 0 Å². The van der Waals surface area contributed by atoms with Gasteiger partial charge in [-0.1, -0.05) is 23.8 Å². The molecule has 0 unspecified atom stereocenters. The Labute approximate surface area is 131 Å². The third-order valence-corrected chi connectivity index (χ3v) is 4.59. The summed E-state index contributed by atoms with van der Waals surface area (Å²) in [5.41, 5.74) is 4.51. The summed E-state index contributed by atoms with van der Waals surface area (Å²) in [6, 6.07) is 14.2. The number of hydrogen-bond acceptors (Lipinski definition) is 2. The molecule has 0 saturated heterocycles. The average molecular weight is 299 g/mol. The van der Waals surface area contributed by atoms with Crippen LogP contribution < -0.4 is 5.32 Å². The molecule has 21 heavy (non-hydrogen) atoms. The smallest absolute Gasteiger partial charge is 0.237 e. The van der Waals surface area contributed by atoms with Gasteiger partial charge in [0.1, 0.15) is 0 Å². The second-order valence-corrected chi connectivity index (χ2v) is 6.78. The van der Waals surface area contributed by atoms with Crippen LogP contribution in [0.2, 0.25) is 0 Å². The molecular weight excluding hydrogens is 278 g/mol. The zero-order valence-electron chi connectivity index (χ0n) is 12.9. The monoisotopic (exact) mass is 299 g/mol. The Hall–Kier alpha value is -1.74. The van der Waals surface area contributed by atoms with Crippen LogP contribution in [0.3, 0.4) is 0 Å². The standard InChI is InChI=1S/C18H21NOS/c1-12-5-9-17(10-6-12)21-15(4)18(20)19-16-8-7-13(2)14(3)11-16/h5-11,15H,1-4H3,(H,19,20)/t15-/m1/s1. The summed E-state index contributed by atoms with van der Waals surface area (Å²) in [4.78, 5) is 13.4. The zero-order chi connectivity index (χ0) is 15.4. The number of thioether (sulfide) groups is 1. The number of benzene rings is 2. The van der Waals surface area contributed by atoms with E-state index in [1.165, 1.54) is 16.7 Å². The number of anilines is 1. The Morgan fingerprint density at radius 1 is 1.00 bits per heavy atom. The van der Waals surface area contributed by atoms with Gasteiger partial charge in [-0.15, -0.1) is 11.8 Å². The molecule has 0 aliphatic carbocycles. The normalized spacial score (nSPS) is 12.0. The minimum atomic E-state index is -0.130. The van der Waals surface area contributed by atoms with E-state index in [9.17, 15) is 4.79 Å². The van der Waals surface area contributed by atoms with Gasteiger partial charge < -0.3 is 5.32 Å². The minimum absolute atomic E-state index is 0.0313. The summed E-state index contributed by atoms with van der Waals surface area (Å²) < 4.78 is 0. The van der Waals surface area contributed by atoms with E-state index in [0.717, 1.165) is 10.6 Å². The van der Waals surface area contributed by atoms with Crippen LogP contribution in [-0.2, 0) is 4.79 Å². The van der Waals surface area contributed by atoms with E-state index >= 15 is 0 Å². The summed E-state index contributed by atoms with van der Waals surface area (Å²) in [6.07, 6.45) is 0. The topological polar surface area (TPSA) is 29.1 Å². The highest BCUT2D eigenvalue weighted by molar-refractivity contribution is 8.00. The fourth-order valence-corrected chi connectivity index (χ4v) is 2.80. The lowest BCUT2D eigenvalue weighted by Crippen LogP contribution is -2.22. The first-order valence-corrected chi connectivity index (χ1v) is 7.95. The molecule has 0 saturated carbocycles. The van der Waals surface area contributed by atoms with E-state index in [-0.39, 0.29) is 11.2 Å². The van der Waals surface area contributed by atoms with Crippen LogP contribution in [0.25, 0.3) is 0 Å². The second-order valence-electron chi connectivity index (χ2n) is 5.36. The molecule has 0 radical (unpaired) electrons. The Kier molecular flexibility index (Phi) is 5.07. The van der Waals surface area contributed by atoms with E-state index in [4.69, 9.17) is 0 Å². The number of hydrogen-bond donors (Lipinski definition) is 1. The highest BCUT2D eigenvalue weighted by Gasteiger charge is 2.14. The molecule has 0 fully saturated rings. The molecule has 2 aromatic carbocycles. The average Bonchev–Trinajstić information content (AvgIpc) is 2.45. The van der Waals surface area contributed by atoms with Crippen LogP contribution in [0.15, 0.2) is 47.4 Å². The number of carbonyl (C=O) groups excluding carboxylic acids is 1. The molecule has 2 aromatic rings. The lowest BCUT2D eigenvalue weighted by molar-refractivity contribution is -0.115. The van der Waals surface area contributed by atoms with Crippen molar-refractivity contribution in [2.24, 2.45) is 0 Å². The maximum absolute atomic E-state index is 12.2. The van der Waals surface area contributed by atoms with E-state index in [2.05, 4.69) is 50.4 Å². The lowest BCUT2D eigenvalue weighted by atomic mass is 10.1. The van der Waals surface area contributed by atoms with Crippen molar-refractivity contribution in [1.82, 2.24) is 0 Å². The van der Waals surface area contributed by atoms with Crippen molar-refractivity contribution >= 4 is 23.4 Å². The van der Waals surface area contributed by atoms with Crippen molar-refractivity contribution < 1.29 is 4.79 Å². The van der Waals surface area contributed by atoms with E-state index in [0.29, 0.717) is 0 Å². The molecule has 1 amide bonds. The third kappa shape index (κ3) is 4.36. The van der Waals surface area contributed by atoms with Crippen LogP contribution in [-0.4, -0.2) is 11.2 Å². The van der Waals surface area contributed by atoms with E-state index in [1.54, 1.807) is 11.8 Å². The van der Waals surface area contributed by atoms with Gasteiger partial charge in [-0.25, -0.2) is 0 Å². The fraction of sp³-hybridized carbons (Fsp3) is 0.278. The highest BCUT2D eigenvalue weighted by Crippen LogP contribution is 2.24. The summed E-state index contributed by atoms with van der Waals surface area (Å²) >= 11 is 1.57. The molecule has 0 spiro atoms. The Balaban J connectivity index is 1.98. The molecular formula is C18H21NOS. The SMILES string of the molecule is Cc1ccc(S[C@H](C)C(=O)Nc2ccc(C)c(C)c2)cc1. The summed E-state index contributed by atoms with van der Waals surface area (Å²) in [5, 5.41) is 2.85. The quantitative estimate of drug-likeness (QED) is 0.827. The fourth-order valence-electron chi connectivity index (χ4n) is 1.94. The largest absolute Gasteiger partial charge is 0.325 e. The Morgan fingerprint density at radius 2 is 1.67 bits per heavy atom. The van der Waals surface area contributed by atoms with Crippen molar-refractivity contribution in [2.45, 2.75) is 37.8 Å². The molecule has 0 aromatic heterocycles. The predicted molar refractivity (Wildman–Crippen MR) is 91.0 cm³/mol. The molecule has 1 atom stereocenters. The first kappa shape index (κ1) is 15.6. The van der Waals surface area contributed by atoms with Gasteiger partial charge in [-0.3, -0.25) is 4.79 Å². The Bertz CT molecular complexity index is 634. The molecule has 0 aliphatic heterocycles. The summed E-state index contributed by atoms with van der Waals surface area (Å²) in [6.45, 7) is 8.11. The maximum Gasteiger partial charge on any atom is 0.237 e. The predicted octanol–water partition coefficient (Wildman–Crippen LogP) is 4.73. The second kappa shape index (κ2) is 6.81. The molecule has 2 nitrogen and oxygen atoms in total. The molecule has 0 heterocycles. The molecule has 110 valence electrons. The Morgan fingerprint density at radius 3 is 2.29 bits per heavy atom. The molecule has 3 heteroatoms. The van der Waals surface area contributed by atoms with Gasteiger partial charge in [0.15, 0.2) is 0 Å². The number of aryl methyl sites for hydroxylation is 3. The maximum atomic E-state index is 12.2. The molecule has 0 bridgehead atoms. The lowest BCUT2D eigenvalue weighted by Gasteiger charge is -2.13.